The van der Waals surface area contributed by atoms with E-state index >= 15 is 0 Å². The van der Waals surface area contributed by atoms with Crippen molar-refractivity contribution in [1.82, 2.24) is 10.2 Å². The van der Waals surface area contributed by atoms with Crippen LogP contribution in [0.1, 0.15) is 36.5 Å². The molecule has 0 aliphatic rings. The monoisotopic (exact) mass is 306 g/mol. The summed E-state index contributed by atoms with van der Waals surface area (Å²) in [6.07, 6.45) is 2.54. The maximum atomic E-state index is 12.0. The number of carbonyl (C=O) groups excluding carboxylic acids is 1. The molecule has 0 radical (unpaired) electrons. The number of nitrogens with zero attached hydrogens (tertiary/aromatic N) is 2. The van der Waals surface area contributed by atoms with Gasteiger partial charge in [0.2, 0.25) is 11.8 Å². The second kappa shape index (κ2) is 7.01. The summed E-state index contributed by atoms with van der Waals surface area (Å²) in [5.74, 6) is 1.12. The largest absolute Gasteiger partial charge is 0.416 e. The van der Waals surface area contributed by atoms with Crippen LogP contribution in [-0.2, 0) is 0 Å². The van der Waals surface area contributed by atoms with E-state index < -0.39 is 0 Å². The Labute approximate surface area is 135 Å². The van der Waals surface area contributed by atoms with Crippen LogP contribution in [-0.4, -0.2) is 16.0 Å². The molecule has 0 bridgehead atoms. The van der Waals surface area contributed by atoms with Crippen molar-refractivity contribution in [3.63, 3.8) is 0 Å². The maximum absolute atomic E-state index is 12.0. The van der Waals surface area contributed by atoms with Gasteiger partial charge in [-0.25, -0.2) is 0 Å². The molecule has 0 aliphatic carbocycles. The molecule has 1 aromatic heterocycles. The van der Waals surface area contributed by atoms with Crippen LogP contribution in [0.3, 0.4) is 0 Å². The Morgan fingerprint density at radius 2 is 1.52 bits per heavy atom. The number of hydrogen-bond acceptors (Lipinski definition) is 4. The highest BCUT2D eigenvalue weighted by molar-refractivity contribution is 5.96. The Hall–Kier alpha value is -2.75. The lowest BCUT2D eigenvalue weighted by Crippen LogP contribution is -1.98. The van der Waals surface area contributed by atoms with Gasteiger partial charge in [-0.05, 0) is 30.7 Å². The molecular weight excluding hydrogens is 288 g/mol. The number of Topliss-reactive ketones (excluding diaryl/α,β-unsaturated/α-hetero) is 1. The van der Waals surface area contributed by atoms with E-state index in [-0.39, 0.29) is 5.78 Å². The van der Waals surface area contributed by atoms with E-state index in [1.165, 1.54) is 0 Å². The van der Waals surface area contributed by atoms with Crippen molar-refractivity contribution < 1.29 is 9.21 Å². The Kier molecular flexibility index (Phi) is 4.62. The summed E-state index contributed by atoms with van der Waals surface area (Å²) in [5.41, 5.74) is 2.43. The number of carbonyl (C=O) groups is 1. The fraction of sp³-hybridized carbons (Fsp3) is 0.211. The number of rotatable bonds is 6. The molecule has 0 saturated heterocycles. The van der Waals surface area contributed by atoms with Gasteiger partial charge in [0.15, 0.2) is 5.78 Å². The number of benzene rings is 2. The predicted octanol–water partition coefficient (Wildman–Crippen LogP) is 4.78. The summed E-state index contributed by atoms with van der Waals surface area (Å²) >= 11 is 0. The standard InChI is InChI=1S/C19H18N2O2/c1-2-3-9-17(22)14-10-12-16(13-11-14)19-21-20-18(23-19)15-7-5-4-6-8-15/h4-8,10-13H,2-3,9H2,1H3. The summed E-state index contributed by atoms with van der Waals surface area (Å²) in [6, 6.07) is 17.0. The van der Waals surface area contributed by atoms with Gasteiger partial charge in [-0.3, -0.25) is 4.79 Å². The number of hydrogen-bond donors (Lipinski definition) is 0. The quantitative estimate of drug-likeness (QED) is 0.615. The van der Waals surface area contributed by atoms with Crippen LogP contribution >= 0.6 is 0 Å². The summed E-state index contributed by atoms with van der Waals surface area (Å²) in [6.45, 7) is 2.08. The predicted molar refractivity (Wildman–Crippen MR) is 89.0 cm³/mol. The third kappa shape index (κ3) is 3.54. The van der Waals surface area contributed by atoms with Gasteiger partial charge in [0.1, 0.15) is 0 Å². The third-order valence-corrected chi connectivity index (χ3v) is 3.66. The minimum atomic E-state index is 0.175. The number of unbranched alkanes of at least 4 members (excludes halogenated alkanes) is 1. The van der Waals surface area contributed by atoms with E-state index in [1.807, 2.05) is 54.6 Å². The molecule has 23 heavy (non-hydrogen) atoms. The second-order valence-electron chi connectivity index (χ2n) is 5.38. The van der Waals surface area contributed by atoms with Crippen LogP contribution in [0.5, 0.6) is 0 Å². The van der Waals surface area contributed by atoms with Crippen molar-refractivity contribution in [2.45, 2.75) is 26.2 Å². The number of ketones is 1. The molecule has 3 aromatic rings. The van der Waals surface area contributed by atoms with Gasteiger partial charge in [-0.2, -0.15) is 0 Å². The SMILES string of the molecule is CCCCC(=O)c1ccc(-c2nnc(-c3ccccc3)o2)cc1. The molecule has 0 fully saturated rings. The minimum absolute atomic E-state index is 0.175. The highest BCUT2D eigenvalue weighted by atomic mass is 16.4. The average molecular weight is 306 g/mol. The molecule has 0 aliphatic heterocycles. The van der Waals surface area contributed by atoms with Gasteiger partial charge in [0.25, 0.3) is 0 Å². The molecule has 4 nitrogen and oxygen atoms in total. The van der Waals surface area contributed by atoms with Crippen molar-refractivity contribution in [2.24, 2.45) is 0 Å². The van der Waals surface area contributed by atoms with Crippen LogP contribution in [0.25, 0.3) is 22.9 Å². The van der Waals surface area contributed by atoms with Gasteiger partial charge >= 0.3 is 0 Å². The Bertz CT molecular complexity index is 777. The first kappa shape index (κ1) is 15.2. The summed E-state index contributed by atoms with van der Waals surface area (Å²) in [7, 11) is 0. The van der Waals surface area contributed by atoms with E-state index in [1.54, 1.807) is 0 Å². The molecule has 4 heteroatoms. The van der Waals surface area contributed by atoms with Crippen molar-refractivity contribution in [2.75, 3.05) is 0 Å². The van der Waals surface area contributed by atoms with E-state index in [4.69, 9.17) is 4.42 Å². The zero-order chi connectivity index (χ0) is 16.1. The zero-order valence-corrected chi connectivity index (χ0v) is 13.0. The van der Waals surface area contributed by atoms with Crippen LogP contribution in [0, 0.1) is 0 Å². The smallest absolute Gasteiger partial charge is 0.248 e. The summed E-state index contributed by atoms with van der Waals surface area (Å²) in [5, 5.41) is 8.16. The maximum Gasteiger partial charge on any atom is 0.248 e. The first-order valence-electron chi connectivity index (χ1n) is 7.80. The van der Waals surface area contributed by atoms with Gasteiger partial charge in [0, 0.05) is 23.1 Å². The molecule has 116 valence electrons. The molecule has 1 heterocycles. The van der Waals surface area contributed by atoms with E-state index in [9.17, 15) is 4.79 Å². The first-order valence-corrected chi connectivity index (χ1v) is 7.80. The topological polar surface area (TPSA) is 56.0 Å². The minimum Gasteiger partial charge on any atom is -0.416 e. The number of aromatic nitrogens is 2. The Morgan fingerprint density at radius 1 is 0.913 bits per heavy atom. The van der Waals surface area contributed by atoms with Crippen LogP contribution in [0.15, 0.2) is 59.0 Å². The van der Waals surface area contributed by atoms with Crippen molar-refractivity contribution in [1.29, 1.82) is 0 Å². The molecule has 0 spiro atoms. The third-order valence-electron chi connectivity index (χ3n) is 3.66. The van der Waals surface area contributed by atoms with Crippen molar-refractivity contribution in [3.8, 4) is 22.9 Å². The molecule has 0 amide bonds. The highest BCUT2D eigenvalue weighted by Gasteiger charge is 2.11. The van der Waals surface area contributed by atoms with E-state index in [2.05, 4.69) is 17.1 Å². The lowest BCUT2D eigenvalue weighted by Gasteiger charge is -2.01. The van der Waals surface area contributed by atoms with Crippen LogP contribution in [0.4, 0.5) is 0 Å². The molecular formula is C19H18N2O2. The fourth-order valence-corrected chi connectivity index (χ4v) is 2.32. The lowest BCUT2D eigenvalue weighted by molar-refractivity contribution is 0.0980. The van der Waals surface area contributed by atoms with Crippen LogP contribution < -0.4 is 0 Å². The zero-order valence-electron chi connectivity index (χ0n) is 13.0. The van der Waals surface area contributed by atoms with Gasteiger partial charge in [-0.1, -0.05) is 43.7 Å². The van der Waals surface area contributed by atoms with E-state index in [0.29, 0.717) is 18.2 Å². The fourth-order valence-electron chi connectivity index (χ4n) is 2.32. The Balaban J connectivity index is 1.78. The van der Waals surface area contributed by atoms with Crippen molar-refractivity contribution in [3.05, 3.63) is 60.2 Å². The van der Waals surface area contributed by atoms with Crippen LogP contribution in [0.2, 0.25) is 0 Å². The lowest BCUT2D eigenvalue weighted by atomic mass is 10.0. The molecule has 0 atom stereocenters. The Morgan fingerprint density at radius 3 is 2.13 bits per heavy atom. The molecule has 0 saturated carbocycles. The molecule has 0 unspecified atom stereocenters. The van der Waals surface area contributed by atoms with E-state index in [0.717, 1.165) is 29.5 Å². The first-order chi connectivity index (χ1) is 11.3. The highest BCUT2D eigenvalue weighted by Crippen LogP contribution is 2.24. The normalized spacial score (nSPS) is 10.7. The second-order valence-corrected chi connectivity index (χ2v) is 5.38. The molecule has 2 aromatic carbocycles. The molecule has 0 N–H and O–H groups in total. The van der Waals surface area contributed by atoms with Gasteiger partial charge in [-0.15, -0.1) is 10.2 Å². The molecule has 3 rings (SSSR count). The summed E-state index contributed by atoms with van der Waals surface area (Å²) < 4.78 is 5.71. The van der Waals surface area contributed by atoms with Gasteiger partial charge < -0.3 is 4.42 Å². The van der Waals surface area contributed by atoms with Crippen molar-refractivity contribution >= 4 is 5.78 Å². The van der Waals surface area contributed by atoms with Gasteiger partial charge in [0.05, 0.1) is 0 Å². The summed E-state index contributed by atoms with van der Waals surface area (Å²) in [4.78, 5) is 12.0. The average Bonchev–Trinajstić information content (AvgIpc) is 3.11.